The Bertz CT molecular complexity index is 585. The number of hydrogen-bond acceptors (Lipinski definition) is 3. The number of carbonyl (C=O) groups excluding carboxylic acids is 2. The van der Waals surface area contributed by atoms with Gasteiger partial charge in [0.25, 0.3) is 5.91 Å². The minimum atomic E-state index is -0.978. The first-order chi connectivity index (χ1) is 9.97. The zero-order chi connectivity index (χ0) is 15.4. The van der Waals surface area contributed by atoms with E-state index in [1.54, 1.807) is 0 Å². The molecule has 0 spiro atoms. The molecule has 21 heavy (non-hydrogen) atoms. The number of hydrogen-bond donors (Lipinski definition) is 1. The highest BCUT2D eigenvalue weighted by Gasteiger charge is 2.21. The average Bonchev–Trinajstić information content (AvgIpc) is 2.45. The van der Waals surface area contributed by atoms with Crippen LogP contribution in [-0.2, 0) is 15.6 Å². The monoisotopic (exact) mass is 316 g/mol. The second-order valence-electron chi connectivity index (χ2n) is 4.54. The highest BCUT2D eigenvalue weighted by Crippen LogP contribution is 2.09. The van der Waals surface area contributed by atoms with Gasteiger partial charge in [-0.05, 0) is 12.1 Å². The lowest BCUT2D eigenvalue weighted by atomic mass is 10.2. The highest BCUT2D eigenvalue weighted by molar-refractivity contribution is 7.85. The number of benzene rings is 1. The third kappa shape index (κ3) is 4.07. The number of rotatable bonds is 3. The summed E-state index contributed by atoms with van der Waals surface area (Å²) >= 11 is 0. The molecule has 0 aliphatic carbocycles. The normalized spacial score (nSPS) is 15.8. The first kappa shape index (κ1) is 15.6. The third-order valence-corrected chi connectivity index (χ3v) is 4.38. The van der Waals surface area contributed by atoms with Crippen molar-refractivity contribution in [2.24, 2.45) is 0 Å². The van der Waals surface area contributed by atoms with Gasteiger partial charge < -0.3 is 10.2 Å². The maximum Gasteiger partial charge on any atom is 0.254 e. The second kappa shape index (κ2) is 6.75. The predicted octanol–water partition coefficient (Wildman–Crippen LogP) is 0.286. The summed E-state index contributed by atoms with van der Waals surface area (Å²) in [5.74, 6) is -2.00. The number of carbonyl (C=O) groups is 2. The van der Waals surface area contributed by atoms with Crippen LogP contribution in [0.25, 0.3) is 0 Å². The van der Waals surface area contributed by atoms with Crippen molar-refractivity contribution in [3.8, 4) is 0 Å². The minimum Gasteiger partial charge on any atom is -0.343 e. The van der Waals surface area contributed by atoms with Crippen LogP contribution in [-0.4, -0.2) is 52.1 Å². The van der Waals surface area contributed by atoms with Gasteiger partial charge in [-0.3, -0.25) is 13.8 Å². The van der Waals surface area contributed by atoms with Crippen LogP contribution in [0.2, 0.25) is 0 Å². The second-order valence-corrected chi connectivity index (χ2v) is 6.23. The molecule has 1 saturated heterocycles. The summed E-state index contributed by atoms with van der Waals surface area (Å²) < 4.78 is 37.3. The summed E-state index contributed by atoms with van der Waals surface area (Å²) in [5, 5.41) is 2.30. The highest BCUT2D eigenvalue weighted by atomic mass is 32.2. The Balaban J connectivity index is 1.89. The van der Waals surface area contributed by atoms with Gasteiger partial charge in [0.2, 0.25) is 5.91 Å². The maximum absolute atomic E-state index is 13.4. The molecule has 0 aromatic heterocycles. The molecule has 114 valence electrons. The van der Waals surface area contributed by atoms with E-state index in [-0.39, 0.29) is 18.0 Å². The molecule has 1 heterocycles. The molecule has 1 N–H and O–H groups in total. The molecule has 1 fully saturated rings. The zero-order valence-electron chi connectivity index (χ0n) is 11.1. The number of halogens is 2. The lowest BCUT2D eigenvalue weighted by molar-refractivity contribution is -0.129. The van der Waals surface area contributed by atoms with Gasteiger partial charge >= 0.3 is 0 Å². The Morgan fingerprint density at radius 3 is 2.52 bits per heavy atom. The van der Waals surface area contributed by atoms with Crippen LogP contribution >= 0.6 is 0 Å². The van der Waals surface area contributed by atoms with Crippen LogP contribution in [0.1, 0.15) is 10.4 Å². The third-order valence-electron chi connectivity index (χ3n) is 3.11. The molecule has 0 radical (unpaired) electrons. The van der Waals surface area contributed by atoms with Crippen LogP contribution in [0.4, 0.5) is 8.78 Å². The molecular formula is C13H14F2N2O3S. The topological polar surface area (TPSA) is 66.5 Å². The first-order valence-electron chi connectivity index (χ1n) is 6.33. The number of nitrogens with one attached hydrogen (secondary N) is 1. The van der Waals surface area contributed by atoms with Crippen molar-refractivity contribution < 1.29 is 22.6 Å². The number of nitrogens with zero attached hydrogens (tertiary/aromatic N) is 1. The Hall–Kier alpha value is -1.83. The van der Waals surface area contributed by atoms with Gasteiger partial charge in [0, 0.05) is 41.5 Å². The van der Waals surface area contributed by atoms with E-state index in [2.05, 4.69) is 5.32 Å². The van der Waals surface area contributed by atoms with Gasteiger partial charge in [0.1, 0.15) is 11.6 Å². The SMILES string of the molecule is O=C(NCC(=O)N1CCS(=O)CC1)c1ccc(F)cc1F. The van der Waals surface area contributed by atoms with Gasteiger partial charge in [-0.1, -0.05) is 0 Å². The zero-order valence-corrected chi connectivity index (χ0v) is 11.9. The summed E-state index contributed by atoms with van der Waals surface area (Å²) in [6.07, 6.45) is 0. The standard InChI is InChI=1S/C13H14F2N2O3S/c14-9-1-2-10(11(15)7-9)13(19)16-8-12(18)17-3-5-21(20)6-4-17/h1-2,7H,3-6,8H2,(H,16,19). The van der Waals surface area contributed by atoms with Crippen molar-refractivity contribution in [2.45, 2.75) is 0 Å². The molecule has 5 nitrogen and oxygen atoms in total. The maximum atomic E-state index is 13.4. The summed E-state index contributed by atoms with van der Waals surface area (Å²) in [6, 6.07) is 2.60. The van der Waals surface area contributed by atoms with Gasteiger partial charge in [0.15, 0.2) is 0 Å². The summed E-state index contributed by atoms with van der Waals surface area (Å²) in [4.78, 5) is 25.1. The van der Waals surface area contributed by atoms with E-state index in [4.69, 9.17) is 0 Å². The molecular weight excluding hydrogens is 302 g/mol. The fraction of sp³-hybridized carbons (Fsp3) is 0.385. The molecule has 8 heteroatoms. The van der Waals surface area contributed by atoms with Crippen LogP contribution in [0.3, 0.4) is 0 Å². The van der Waals surface area contributed by atoms with Crippen molar-refractivity contribution in [1.82, 2.24) is 10.2 Å². The average molecular weight is 316 g/mol. The van der Waals surface area contributed by atoms with Crippen LogP contribution < -0.4 is 5.32 Å². The Labute approximate surface area is 122 Å². The van der Waals surface area contributed by atoms with E-state index in [0.717, 1.165) is 12.1 Å². The van der Waals surface area contributed by atoms with Gasteiger partial charge in [0.05, 0.1) is 12.1 Å². The van der Waals surface area contributed by atoms with E-state index in [1.807, 2.05) is 0 Å². The van der Waals surface area contributed by atoms with Crippen molar-refractivity contribution in [3.05, 3.63) is 35.4 Å². The fourth-order valence-corrected chi connectivity index (χ4v) is 2.98. The van der Waals surface area contributed by atoms with E-state index in [0.29, 0.717) is 30.7 Å². The quantitative estimate of drug-likeness (QED) is 0.871. The Kier molecular flexibility index (Phi) is 5.00. The Morgan fingerprint density at radius 1 is 1.24 bits per heavy atom. The van der Waals surface area contributed by atoms with Gasteiger partial charge in [-0.25, -0.2) is 8.78 Å². The first-order valence-corrected chi connectivity index (χ1v) is 7.82. The molecule has 1 aromatic rings. The molecule has 1 aliphatic heterocycles. The van der Waals surface area contributed by atoms with E-state index in [1.165, 1.54) is 4.90 Å². The minimum absolute atomic E-state index is 0.276. The molecule has 0 unspecified atom stereocenters. The molecule has 2 rings (SSSR count). The van der Waals surface area contributed by atoms with Crippen LogP contribution in [0, 0.1) is 11.6 Å². The molecule has 0 bridgehead atoms. The van der Waals surface area contributed by atoms with E-state index in [9.17, 15) is 22.6 Å². The summed E-state index contributed by atoms with van der Waals surface area (Å²) in [7, 11) is -0.892. The van der Waals surface area contributed by atoms with E-state index < -0.39 is 28.3 Å². The Morgan fingerprint density at radius 2 is 1.90 bits per heavy atom. The lowest BCUT2D eigenvalue weighted by Crippen LogP contribution is -2.46. The molecule has 1 aliphatic rings. The van der Waals surface area contributed by atoms with Crippen LogP contribution in [0.5, 0.6) is 0 Å². The van der Waals surface area contributed by atoms with Crippen molar-refractivity contribution in [3.63, 3.8) is 0 Å². The largest absolute Gasteiger partial charge is 0.343 e. The van der Waals surface area contributed by atoms with Crippen LogP contribution in [0.15, 0.2) is 18.2 Å². The lowest BCUT2D eigenvalue weighted by Gasteiger charge is -2.26. The fourth-order valence-electron chi connectivity index (χ4n) is 1.92. The van der Waals surface area contributed by atoms with Crippen molar-refractivity contribution in [1.29, 1.82) is 0 Å². The summed E-state index contributed by atoms with van der Waals surface area (Å²) in [5.41, 5.74) is -0.316. The molecule has 0 saturated carbocycles. The van der Waals surface area contributed by atoms with Crippen molar-refractivity contribution in [2.75, 3.05) is 31.1 Å². The van der Waals surface area contributed by atoms with E-state index >= 15 is 0 Å². The smallest absolute Gasteiger partial charge is 0.254 e. The van der Waals surface area contributed by atoms with Crippen molar-refractivity contribution >= 4 is 22.6 Å². The van der Waals surface area contributed by atoms with Gasteiger partial charge in [-0.2, -0.15) is 0 Å². The summed E-state index contributed by atoms with van der Waals surface area (Å²) in [6.45, 7) is 0.487. The predicted molar refractivity (Wildman–Crippen MR) is 73.1 cm³/mol. The van der Waals surface area contributed by atoms with Gasteiger partial charge in [-0.15, -0.1) is 0 Å². The molecule has 1 aromatic carbocycles. The number of amides is 2. The molecule has 0 atom stereocenters. The molecule has 2 amide bonds.